The minimum Gasteiger partial charge on any atom is -0.481 e. The topological polar surface area (TPSA) is 75.6 Å². The van der Waals surface area contributed by atoms with Crippen molar-refractivity contribution in [3.05, 3.63) is 0 Å². The van der Waals surface area contributed by atoms with Crippen molar-refractivity contribution in [2.75, 3.05) is 20.3 Å². The summed E-state index contributed by atoms with van der Waals surface area (Å²) in [5, 5.41) is 11.2. The lowest BCUT2D eigenvalue weighted by molar-refractivity contribution is -0.137. The standard InChI is InChI=1S/C11H21NO4/c1-9(8-16-2)11(15)12-7-5-3-4-6-10(13)14/h9H,3-8H2,1-2H3,(H,12,15)(H,13,14). The quantitative estimate of drug-likeness (QED) is 0.581. The zero-order valence-corrected chi connectivity index (χ0v) is 9.99. The zero-order chi connectivity index (χ0) is 12.4. The number of ether oxygens (including phenoxy) is 1. The first-order chi connectivity index (χ1) is 7.57. The Kier molecular flexibility index (Phi) is 8.52. The molecule has 0 saturated heterocycles. The van der Waals surface area contributed by atoms with Crippen LogP contribution in [-0.4, -0.2) is 37.2 Å². The van der Waals surface area contributed by atoms with Crippen molar-refractivity contribution in [3.63, 3.8) is 0 Å². The van der Waals surface area contributed by atoms with Crippen LogP contribution in [0.25, 0.3) is 0 Å². The number of hydrogen-bond donors (Lipinski definition) is 2. The van der Waals surface area contributed by atoms with Crippen molar-refractivity contribution in [1.29, 1.82) is 0 Å². The normalized spacial score (nSPS) is 12.1. The number of carbonyl (C=O) groups excluding carboxylic acids is 1. The summed E-state index contributed by atoms with van der Waals surface area (Å²) in [6.45, 7) is 2.83. The van der Waals surface area contributed by atoms with E-state index in [1.54, 1.807) is 7.11 Å². The molecule has 0 aliphatic rings. The molecule has 1 atom stereocenters. The van der Waals surface area contributed by atoms with Gasteiger partial charge in [-0.25, -0.2) is 0 Å². The highest BCUT2D eigenvalue weighted by molar-refractivity contribution is 5.78. The second-order valence-corrected chi connectivity index (χ2v) is 3.85. The Balaban J connectivity index is 3.37. The molecule has 0 aliphatic carbocycles. The Morgan fingerprint density at radius 2 is 2.00 bits per heavy atom. The van der Waals surface area contributed by atoms with Gasteiger partial charge in [0.2, 0.25) is 5.91 Å². The van der Waals surface area contributed by atoms with Crippen LogP contribution in [0, 0.1) is 5.92 Å². The maximum atomic E-state index is 11.4. The Labute approximate surface area is 96.2 Å². The van der Waals surface area contributed by atoms with E-state index < -0.39 is 5.97 Å². The first kappa shape index (κ1) is 14.9. The summed E-state index contributed by atoms with van der Waals surface area (Å²) in [6.07, 6.45) is 2.51. The smallest absolute Gasteiger partial charge is 0.303 e. The molecule has 5 nitrogen and oxygen atoms in total. The van der Waals surface area contributed by atoms with Gasteiger partial charge in [-0.3, -0.25) is 9.59 Å². The summed E-state index contributed by atoms with van der Waals surface area (Å²) in [7, 11) is 1.57. The van der Waals surface area contributed by atoms with Crippen molar-refractivity contribution in [2.24, 2.45) is 5.92 Å². The van der Waals surface area contributed by atoms with Gasteiger partial charge in [0.15, 0.2) is 0 Å². The molecule has 0 heterocycles. The van der Waals surface area contributed by atoms with Crippen LogP contribution in [0.5, 0.6) is 0 Å². The van der Waals surface area contributed by atoms with Crippen molar-refractivity contribution in [2.45, 2.75) is 32.6 Å². The van der Waals surface area contributed by atoms with Crippen molar-refractivity contribution in [3.8, 4) is 0 Å². The van der Waals surface area contributed by atoms with Gasteiger partial charge in [-0.15, -0.1) is 0 Å². The van der Waals surface area contributed by atoms with Crippen molar-refractivity contribution in [1.82, 2.24) is 5.32 Å². The van der Waals surface area contributed by atoms with Gasteiger partial charge < -0.3 is 15.2 Å². The van der Waals surface area contributed by atoms with Gasteiger partial charge in [0.05, 0.1) is 12.5 Å². The maximum Gasteiger partial charge on any atom is 0.303 e. The van der Waals surface area contributed by atoms with Crippen molar-refractivity contribution < 1.29 is 19.4 Å². The molecule has 0 bridgehead atoms. The Morgan fingerprint density at radius 1 is 1.31 bits per heavy atom. The highest BCUT2D eigenvalue weighted by atomic mass is 16.5. The number of carboxylic acids is 1. The second kappa shape index (κ2) is 9.15. The Bertz CT molecular complexity index is 218. The number of carboxylic acid groups (broad SMARTS) is 1. The molecule has 1 amide bonds. The van der Waals surface area contributed by atoms with Crippen molar-refractivity contribution >= 4 is 11.9 Å². The fourth-order valence-corrected chi connectivity index (χ4v) is 1.29. The molecule has 94 valence electrons. The van der Waals surface area contributed by atoms with Crippen LogP contribution in [0.4, 0.5) is 0 Å². The molecule has 1 unspecified atom stereocenters. The fourth-order valence-electron chi connectivity index (χ4n) is 1.29. The van der Waals surface area contributed by atoms with E-state index in [0.29, 0.717) is 19.6 Å². The second-order valence-electron chi connectivity index (χ2n) is 3.85. The zero-order valence-electron chi connectivity index (χ0n) is 9.99. The summed E-state index contributed by atoms with van der Waals surface area (Å²) in [4.78, 5) is 21.6. The van der Waals surface area contributed by atoms with Crippen LogP contribution >= 0.6 is 0 Å². The number of methoxy groups -OCH3 is 1. The largest absolute Gasteiger partial charge is 0.481 e. The monoisotopic (exact) mass is 231 g/mol. The molecular weight excluding hydrogens is 210 g/mol. The Morgan fingerprint density at radius 3 is 2.56 bits per heavy atom. The van der Waals surface area contributed by atoms with E-state index in [9.17, 15) is 9.59 Å². The van der Waals surface area contributed by atoms with Crippen LogP contribution in [0.15, 0.2) is 0 Å². The molecule has 0 saturated carbocycles. The molecule has 0 aromatic carbocycles. The summed E-state index contributed by atoms with van der Waals surface area (Å²) < 4.78 is 4.87. The van der Waals surface area contributed by atoms with Gasteiger partial charge >= 0.3 is 5.97 Å². The van der Waals surface area contributed by atoms with E-state index in [2.05, 4.69) is 5.32 Å². The number of carbonyl (C=O) groups is 2. The predicted octanol–water partition coefficient (Wildman–Crippen LogP) is 1.03. The van der Waals surface area contributed by atoms with E-state index in [1.165, 1.54) is 0 Å². The average molecular weight is 231 g/mol. The van der Waals surface area contributed by atoms with E-state index in [-0.39, 0.29) is 18.2 Å². The van der Waals surface area contributed by atoms with Gasteiger partial charge in [-0.1, -0.05) is 13.3 Å². The first-order valence-corrected chi connectivity index (χ1v) is 5.56. The molecule has 0 aliphatic heterocycles. The number of amides is 1. The summed E-state index contributed by atoms with van der Waals surface area (Å²) in [5.41, 5.74) is 0. The predicted molar refractivity (Wildman–Crippen MR) is 60.2 cm³/mol. The van der Waals surface area contributed by atoms with Crippen LogP contribution < -0.4 is 5.32 Å². The number of hydrogen-bond acceptors (Lipinski definition) is 3. The number of rotatable bonds is 9. The molecule has 0 radical (unpaired) electrons. The average Bonchev–Trinajstić information content (AvgIpc) is 2.22. The summed E-state index contributed by atoms with van der Waals surface area (Å²) in [5.74, 6) is -0.915. The number of unbranched alkanes of at least 4 members (excludes halogenated alkanes) is 2. The van der Waals surface area contributed by atoms with E-state index >= 15 is 0 Å². The third-order valence-electron chi connectivity index (χ3n) is 2.23. The molecule has 0 spiro atoms. The minimum atomic E-state index is -0.766. The summed E-state index contributed by atoms with van der Waals surface area (Å²) >= 11 is 0. The highest BCUT2D eigenvalue weighted by Crippen LogP contribution is 1.99. The number of nitrogens with one attached hydrogen (secondary N) is 1. The first-order valence-electron chi connectivity index (χ1n) is 5.56. The van der Waals surface area contributed by atoms with Gasteiger partial charge in [-0.2, -0.15) is 0 Å². The molecule has 0 aromatic heterocycles. The minimum absolute atomic E-state index is 0.0138. The van der Waals surface area contributed by atoms with E-state index in [0.717, 1.165) is 12.8 Å². The van der Waals surface area contributed by atoms with Crippen LogP contribution in [0.1, 0.15) is 32.6 Å². The number of aliphatic carboxylic acids is 1. The van der Waals surface area contributed by atoms with E-state index in [4.69, 9.17) is 9.84 Å². The van der Waals surface area contributed by atoms with Crippen LogP contribution in [0.2, 0.25) is 0 Å². The molecule has 5 heteroatoms. The lowest BCUT2D eigenvalue weighted by Gasteiger charge is -2.10. The highest BCUT2D eigenvalue weighted by Gasteiger charge is 2.10. The fraction of sp³-hybridized carbons (Fsp3) is 0.818. The molecular formula is C11H21NO4. The maximum absolute atomic E-state index is 11.4. The Hall–Kier alpha value is -1.10. The van der Waals surface area contributed by atoms with Gasteiger partial charge in [-0.05, 0) is 12.8 Å². The van der Waals surface area contributed by atoms with Crippen LogP contribution in [0.3, 0.4) is 0 Å². The SMILES string of the molecule is COCC(C)C(=O)NCCCCCC(=O)O. The molecule has 0 fully saturated rings. The lowest BCUT2D eigenvalue weighted by atomic mass is 10.1. The third kappa shape index (κ3) is 8.23. The van der Waals surface area contributed by atoms with Gasteiger partial charge in [0.25, 0.3) is 0 Å². The van der Waals surface area contributed by atoms with Gasteiger partial charge in [0.1, 0.15) is 0 Å². The summed E-state index contributed by atoms with van der Waals surface area (Å²) in [6, 6.07) is 0. The molecule has 16 heavy (non-hydrogen) atoms. The lowest BCUT2D eigenvalue weighted by Crippen LogP contribution is -2.32. The van der Waals surface area contributed by atoms with E-state index in [1.807, 2.05) is 6.92 Å². The van der Waals surface area contributed by atoms with Crippen LogP contribution in [-0.2, 0) is 14.3 Å². The molecule has 0 rings (SSSR count). The molecule has 2 N–H and O–H groups in total. The van der Waals surface area contributed by atoms with Gasteiger partial charge in [0, 0.05) is 20.1 Å². The third-order valence-corrected chi connectivity index (χ3v) is 2.23. The molecule has 0 aromatic rings.